The van der Waals surface area contributed by atoms with Crippen LogP contribution in [-0.2, 0) is 0 Å². The lowest BCUT2D eigenvalue weighted by Crippen LogP contribution is -1.75. The Morgan fingerprint density at radius 3 is 2.40 bits per heavy atom. The Labute approximate surface area is 98.0 Å². The largest absolute Gasteiger partial charge is 0.361 e. The Morgan fingerprint density at radius 2 is 1.80 bits per heavy atom. The smallest absolute Gasteiger partial charge is 0.0410 e. The van der Waals surface area contributed by atoms with Crippen molar-refractivity contribution < 1.29 is 0 Å². The molecule has 1 aromatic heterocycles. The van der Waals surface area contributed by atoms with Gasteiger partial charge in [0.15, 0.2) is 0 Å². The standard InChI is InChI=1S/C13H12BrN/c1-10-8-9-15-13(10)7-4-11-2-5-12(14)6-3-11/h2-9,15H,1H3/b7-4+. The fraction of sp³-hybridized carbons (Fsp3) is 0.0769. The van der Waals surface area contributed by atoms with E-state index in [0.717, 1.165) is 10.2 Å². The van der Waals surface area contributed by atoms with Gasteiger partial charge in [0.05, 0.1) is 0 Å². The highest BCUT2D eigenvalue weighted by Gasteiger charge is 1.93. The molecule has 0 bridgehead atoms. The molecule has 76 valence electrons. The van der Waals surface area contributed by atoms with E-state index in [1.165, 1.54) is 11.1 Å². The van der Waals surface area contributed by atoms with Crippen LogP contribution in [0.5, 0.6) is 0 Å². The molecule has 1 aromatic carbocycles. The second kappa shape index (κ2) is 4.49. The lowest BCUT2D eigenvalue weighted by atomic mass is 10.2. The molecule has 2 aromatic rings. The molecular formula is C13H12BrN. The Morgan fingerprint density at radius 1 is 1.07 bits per heavy atom. The van der Waals surface area contributed by atoms with Crippen molar-refractivity contribution in [3.05, 3.63) is 57.8 Å². The first-order chi connectivity index (χ1) is 7.25. The van der Waals surface area contributed by atoms with Gasteiger partial charge in [-0.2, -0.15) is 0 Å². The number of aryl methyl sites for hydroxylation is 1. The highest BCUT2D eigenvalue weighted by Crippen LogP contribution is 2.14. The van der Waals surface area contributed by atoms with Crippen LogP contribution in [0.2, 0.25) is 0 Å². The molecule has 0 atom stereocenters. The van der Waals surface area contributed by atoms with Crippen LogP contribution in [0.1, 0.15) is 16.8 Å². The first-order valence-electron chi connectivity index (χ1n) is 4.83. The van der Waals surface area contributed by atoms with Crippen LogP contribution < -0.4 is 0 Å². The maximum atomic E-state index is 3.42. The topological polar surface area (TPSA) is 15.8 Å². The molecular weight excluding hydrogens is 250 g/mol. The molecule has 0 saturated carbocycles. The number of nitrogens with one attached hydrogen (secondary N) is 1. The fourth-order valence-corrected chi connectivity index (χ4v) is 1.66. The lowest BCUT2D eigenvalue weighted by Gasteiger charge is -1.94. The number of aromatic amines is 1. The minimum Gasteiger partial charge on any atom is -0.361 e. The quantitative estimate of drug-likeness (QED) is 0.832. The SMILES string of the molecule is Cc1cc[nH]c1/C=C/c1ccc(Br)cc1. The molecule has 0 saturated heterocycles. The van der Waals surface area contributed by atoms with Gasteiger partial charge < -0.3 is 4.98 Å². The van der Waals surface area contributed by atoms with Crippen LogP contribution in [0.15, 0.2) is 41.0 Å². The first kappa shape index (κ1) is 10.2. The van der Waals surface area contributed by atoms with E-state index < -0.39 is 0 Å². The molecule has 1 nitrogen and oxygen atoms in total. The van der Waals surface area contributed by atoms with Crippen LogP contribution in [-0.4, -0.2) is 4.98 Å². The zero-order chi connectivity index (χ0) is 10.7. The Hall–Kier alpha value is -1.28. The van der Waals surface area contributed by atoms with Crippen LogP contribution >= 0.6 is 15.9 Å². The van der Waals surface area contributed by atoms with Crippen molar-refractivity contribution >= 4 is 28.1 Å². The van der Waals surface area contributed by atoms with E-state index in [2.05, 4.69) is 58.2 Å². The zero-order valence-corrected chi connectivity index (χ0v) is 10.1. The van der Waals surface area contributed by atoms with Gasteiger partial charge in [0.25, 0.3) is 0 Å². The summed E-state index contributed by atoms with van der Waals surface area (Å²) in [5.74, 6) is 0. The number of benzene rings is 1. The monoisotopic (exact) mass is 261 g/mol. The van der Waals surface area contributed by atoms with Gasteiger partial charge in [-0.05, 0) is 42.3 Å². The molecule has 0 radical (unpaired) electrons. The summed E-state index contributed by atoms with van der Waals surface area (Å²) in [5, 5.41) is 0. The molecule has 0 aliphatic rings. The van der Waals surface area contributed by atoms with Gasteiger partial charge in [0.2, 0.25) is 0 Å². The highest BCUT2D eigenvalue weighted by atomic mass is 79.9. The number of rotatable bonds is 2. The zero-order valence-electron chi connectivity index (χ0n) is 8.50. The number of hydrogen-bond donors (Lipinski definition) is 1. The van der Waals surface area contributed by atoms with Gasteiger partial charge in [-0.1, -0.05) is 34.1 Å². The third-order valence-corrected chi connectivity index (χ3v) is 2.84. The molecule has 2 heteroatoms. The molecule has 0 fully saturated rings. The van der Waals surface area contributed by atoms with Crippen LogP contribution in [0, 0.1) is 6.92 Å². The van der Waals surface area contributed by atoms with Gasteiger partial charge >= 0.3 is 0 Å². The summed E-state index contributed by atoms with van der Waals surface area (Å²) in [4.78, 5) is 3.19. The Bertz CT molecular complexity index is 466. The van der Waals surface area contributed by atoms with E-state index in [1.807, 2.05) is 18.3 Å². The van der Waals surface area contributed by atoms with E-state index in [9.17, 15) is 0 Å². The van der Waals surface area contributed by atoms with Crippen LogP contribution in [0.4, 0.5) is 0 Å². The summed E-state index contributed by atoms with van der Waals surface area (Å²) in [6, 6.07) is 10.3. The number of hydrogen-bond acceptors (Lipinski definition) is 0. The number of aromatic nitrogens is 1. The predicted molar refractivity (Wildman–Crippen MR) is 68.6 cm³/mol. The fourth-order valence-electron chi connectivity index (χ4n) is 1.39. The molecule has 0 spiro atoms. The molecule has 0 aliphatic heterocycles. The lowest BCUT2D eigenvalue weighted by molar-refractivity contribution is 1.35. The second-order valence-corrected chi connectivity index (χ2v) is 4.37. The molecule has 15 heavy (non-hydrogen) atoms. The van der Waals surface area contributed by atoms with Crippen molar-refractivity contribution in [2.45, 2.75) is 6.92 Å². The van der Waals surface area contributed by atoms with Crippen molar-refractivity contribution in [1.82, 2.24) is 4.98 Å². The van der Waals surface area contributed by atoms with E-state index >= 15 is 0 Å². The molecule has 0 amide bonds. The van der Waals surface area contributed by atoms with Gasteiger partial charge in [0, 0.05) is 16.4 Å². The van der Waals surface area contributed by atoms with E-state index in [-0.39, 0.29) is 0 Å². The summed E-state index contributed by atoms with van der Waals surface area (Å²) in [7, 11) is 0. The van der Waals surface area contributed by atoms with Crippen LogP contribution in [0.3, 0.4) is 0 Å². The van der Waals surface area contributed by atoms with E-state index in [1.54, 1.807) is 0 Å². The third-order valence-electron chi connectivity index (χ3n) is 2.31. The van der Waals surface area contributed by atoms with Crippen LogP contribution in [0.25, 0.3) is 12.2 Å². The van der Waals surface area contributed by atoms with Gasteiger partial charge in [-0.3, -0.25) is 0 Å². The van der Waals surface area contributed by atoms with Gasteiger partial charge in [-0.15, -0.1) is 0 Å². The molecule has 0 unspecified atom stereocenters. The molecule has 1 heterocycles. The average molecular weight is 262 g/mol. The molecule has 1 N–H and O–H groups in total. The summed E-state index contributed by atoms with van der Waals surface area (Å²) in [6.07, 6.45) is 6.15. The number of H-pyrrole nitrogens is 1. The predicted octanol–water partition coefficient (Wildman–Crippen LogP) is 4.26. The highest BCUT2D eigenvalue weighted by molar-refractivity contribution is 9.10. The normalized spacial score (nSPS) is 11.1. The molecule has 0 aliphatic carbocycles. The van der Waals surface area contributed by atoms with E-state index in [0.29, 0.717) is 0 Å². The minimum atomic E-state index is 1.11. The maximum absolute atomic E-state index is 3.42. The van der Waals surface area contributed by atoms with Crippen molar-refractivity contribution in [2.24, 2.45) is 0 Å². The summed E-state index contributed by atoms with van der Waals surface area (Å²) in [5.41, 5.74) is 3.63. The molecule has 2 rings (SSSR count). The van der Waals surface area contributed by atoms with Gasteiger partial charge in [-0.25, -0.2) is 0 Å². The number of halogens is 1. The summed E-state index contributed by atoms with van der Waals surface area (Å²) >= 11 is 3.42. The second-order valence-electron chi connectivity index (χ2n) is 3.46. The van der Waals surface area contributed by atoms with Crippen molar-refractivity contribution in [1.29, 1.82) is 0 Å². The average Bonchev–Trinajstić information content (AvgIpc) is 2.63. The summed E-state index contributed by atoms with van der Waals surface area (Å²) in [6.45, 7) is 2.09. The Kier molecular flexibility index (Phi) is 3.07. The van der Waals surface area contributed by atoms with Crippen molar-refractivity contribution in [3.63, 3.8) is 0 Å². The Balaban J connectivity index is 2.19. The summed E-state index contributed by atoms with van der Waals surface area (Å²) < 4.78 is 1.11. The minimum absolute atomic E-state index is 1.11. The van der Waals surface area contributed by atoms with E-state index in [4.69, 9.17) is 0 Å². The van der Waals surface area contributed by atoms with Gasteiger partial charge in [0.1, 0.15) is 0 Å². The first-order valence-corrected chi connectivity index (χ1v) is 5.62. The van der Waals surface area contributed by atoms with Crippen molar-refractivity contribution in [2.75, 3.05) is 0 Å². The third kappa shape index (κ3) is 2.60. The van der Waals surface area contributed by atoms with Crippen molar-refractivity contribution in [3.8, 4) is 0 Å². The maximum Gasteiger partial charge on any atom is 0.0410 e.